The van der Waals surface area contributed by atoms with Crippen LogP contribution in [0.25, 0.3) is 0 Å². The maximum absolute atomic E-state index is 4.27. The van der Waals surface area contributed by atoms with Crippen LogP contribution in [-0.4, -0.2) is 22.4 Å². The van der Waals surface area contributed by atoms with E-state index in [0.717, 1.165) is 18.9 Å². The zero-order chi connectivity index (χ0) is 14.9. The molecule has 1 saturated carbocycles. The Morgan fingerprint density at radius 1 is 1.29 bits per heavy atom. The van der Waals surface area contributed by atoms with Crippen molar-refractivity contribution in [3.63, 3.8) is 0 Å². The SMILES string of the molecule is CCCNC(CCc1cnn(C)c1)CCC1CCCCC1. The van der Waals surface area contributed by atoms with Crippen LogP contribution in [0.5, 0.6) is 0 Å². The van der Waals surface area contributed by atoms with Crippen molar-refractivity contribution in [2.45, 2.75) is 77.2 Å². The quantitative estimate of drug-likeness (QED) is 0.743. The zero-order valence-electron chi connectivity index (χ0n) is 14.0. The largest absolute Gasteiger partial charge is 0.314 e. The maximum atomic E-state index is 4.27. The number of hydrogen-bond donors (Lipinski definition) is 1. The van der Waals surface area contributed by atoms with Crippen LogP contribution in [0.1, 0.15) is 70.3 Å². The Bertz CT molecular complexity index is 380. The van der Waals surface area contributed by atoms with E-state index in [-0.39, 0.29) is 0 Å². The van der Waals surface area contributed by atoms with Gasteiger partial charge >= 0.3 is 0 Å². The van der Waals surface area contributed by atoms with E-state index in [0.29, 0.717) is 6.04 Å². The van der Waals surface area contributed by atoms with E-state index in [9.17, 15) is 0 Å². The predicted octanol–water partition coefficient (Wildman–Crippen LogP) is 4.08. The highest BCUT2D eigenvalue weighted by Crippen LogP contribution is 2.28. The fraction of sp³-hybridized carbons (Fsp3) is 0.833. The van der Waals surface area contributed by atoms with Gasteiger partial charge in [-0.1, -0.05) is 39.0 Å². The summed E-state index contributed by atoms with van der Waals surface area (Å²) in [6.45, 7) is 3.41. The van der Waals surface area contributed by atoms with Crippen molar-refractivity contribution in [2.75, 3.05) is 6.54 Å². The van der Waals surface area contributed by atoms with Gasteiger partial charge in [0.15, 0.2) is 0 Å². The maximum Gasteiger partial charge on any atom is 0.0521 e. The summed E-state index contributed by atoms with van der Waals surface area (Å²) in [6.07, 6.45) is 17.9. The molecule has 120 valence electrons. The second kappa shape index (κ2) is 9.24. The highest BCUT2D eigenvalue weighted by molar-refractivity contribution is 5.03. The van der Waals surface area contributed by atoms with Gasteiger partial charge in [0.05, 0.1) is 6.20 Å². The van der Waals surface area contributed by atoms with Crippen LogP contribution in [0.4, 0.5) is 0 Å². The van der Waals surface area contributed by atoms with Crippen molar-refractivity contribution >= 4 is 0 Å². The van der Waals surface area contributed by atoms with Gasteiger partial charge in [0.25, 0.3) is 0 Å². The Labute approximate surface area is 130 Å². The van der Waals surface area contributed by atoms with Crippen LogP contribution in [0, 0.1) is 5.92 Å². The Morgan fingerprint density at radius 2 is 2.10 bits per heavy atom. The van der Waals surface area contributed by atoms with Crippen LogP contribution < -0.4 is 5.32 Å². The summed E-state index contributed by atoms with van der Waals surface area (Å²) in [4.78, 5) is 0. The molecule has 0 radical (unpaired) electrons. The molecular formula is C18H33N3. The molecule has 1 unspecified atom stereocenters. The lowest BCUT2D eigenvalue weighted by Gasteiger charge is -2.25. The summed E-state index contributed by atoms with van der Waals surface area (Å²) in [5.41, 5.74) is 1.37. The molecule has 1 fully saturated rings. The molecule has 1 aromatic rings. The Hall–Kier alpha value is -0.830. The number of nitrogens with zero attached hydrogens (tertiary/aromatic N) is 2. The Morgan fingerprint density at radius 3 is 2.76 bits per heavy atom. The minimum Gasteiger partial charge on any atom is -0.314 e. The minimum absolute atomic E-state index is 0.687. The van der Waals surface area contributed by atoms with Crippen molar-refractivity contribution in [3.05, 3.63) is 18.0 Å². The molecule has 1 aliphatic carbocycles. The second-order valence-electron chi connectivity index (χ2n) is 6.79. The predicted molar refractivity (Wildman–Crippen MR) is 89.4 cm³/mol. The van der Waals surface area contributed by atoms with Crippen molar-refractivity contribution < 1.29 is 0 Å². The minimum atomic E-state index is 0.687. The van der Waals surface area contributed by atoms with E-state index in [1.807, 2.05) is 17.9 Å². The van der Waals surface area contributed by atoms with E-state index in [1.54, 1.807) is 0 Å². The van der Waals surface area contributed by atoms with Crippen molar-refractivity contribution in [1.29, 1.82) is 0 Å². The molecule has 1 aliphatic rings. The number of nitrogens with one attached hydrogen (secondary N) is 1. The van der Waals surface area contributed by atoms with E-state index in [4.69, 9.17) is 0 Å². The van der Waals surface area contributed by atoms with Gasteiger partial charge in [0.1, 0.15) is 0 Å². The van der Waals surface area contributed by atoms with Gasteiger partial charge in [-0.25, -0.2) is 0 Å². The first-order valence-corrected chi connectivity index (χ1v) is 8.99. The van der Waals surface area contributed by atoms with Gasteiger partial charge < -0.3 is 5.32 Å². The number of aryl methyl sites for hydroxylation is 2. The molecule has 1 N–H and O–H groups in total. The molecule has 0 amide bonds. The fourth-order valence-corrected chi connectivity index (χ4v) is 3.55. The van der Waals surface area contributed by atoms with Crippen LogP contribution >= 0.6 is 0 Å². The van der Waals surface area contributed by atoms with Crippen molar-refractivity contribution in [2.24, 2.45) is 13.0 Å². The lowest BCUT2D eigenvalue weighted by molar-refractivity contribution is 0.309. The lowest BCUT2D eigenvalue weighted by Crippen LogP contribution is -2.31. The van der Waals surface area contributed by atoms with Crippen molar-refractivity contribution in [1.82, 2.24) is 15.1 Å². The molecule has 1 atom stereocenters. The summed E-state index contributed by atoms with van der Waals surface area (Å²) >= 11 is 0. The monoisotopic (exact) mass is 291 g/mol. The Kier molecular flexibility index (Phi) is 7.28. The van der Waals surface area contributed by atoms with E-state index in [2.05, 4.69) is 23.5 Å². The lowest BCUT2D eigenvalue weighted by atomic mass is 9.84. The molecule has 0 saturated heterocycles. The highest BCUT2D eigenvalue weighted by Gasteiger charge is 2.16. The first-order valence-electron chi connectivity index (χ1n) is 8.99. The molecule has 0 aromatic carbocycles. The third kappa shape index (κ3) is 6.21. The molecule has 1 heterocycles. The van der Waals surface area contributed by atoms with Gasteiger partial charge in [-0.05, 0) is 50.1 Å². The Balaban J connectivity index is 1.73. The van der Waals surface area contributed by atoms with Crippen LogP contribution in [0.2, 0.25) is 0 Å². The summed E-state index contributed by atoms with van der Waals surface area (Å²) < 4.78 is 1.91. The molecule has 1 aromatic heterocycles. The molecule has 2 rings (SSSR count). The van der Waals surface area contributed by atoms with Crippen LogP contribution in [0.3, 0.4) is 0 Å². The second-order valence-corrected chi connectivity index (χ2v) is 6.79. The van der Waals surface area contributed by atoms with Crippen LogP contribution in [-0.2, 0) is 13.5 Å². The van der Waals surface area contributed by atoms with E-state index >= 15 is 0 Å². The summed E-state index contributed by atoms with van der Waals surface area (Å²) in [7, 11) is 2.00. The first kappa shape index (κ1) is 16.5. The number of rotatable bonds is 9. The van der Waals surface area contributed by atoms with Crippen LogP contribution in [0.15, 0.2) is 12.4 Å². The van der Waals surface area contributed by atoms with Gasteiger partial charge in [-0.15, -0.1) is 0 Å². The van der Waals surface area contributed by atoms with Crippen molar-refractivity contribution in [3.8, 4) is 0 Å². The average Bonchev–Trinajstić information content (AvgIpc) is 2.93. The number of hydrogen-bond acceptors (Lipinski definition) is 2. The molecule has 0 aliphatic heterocycles. The normalized spacial score (nSPS) is 18.0. The summed E-state index contributed by atoms with van der Waals surface area (Å²) in [5, 5.41) is 8.03. The van der Waals surface area contributed by atoms with Gasteiger partial charge in [-0.3, -0.25) is 4.68 Å². The fourth-order valence-electron chi connectivity index (χ4n) is 3.55. The van der Waals surface area contributed by atoms with Gasteiger partial charge in [0, 0.05) is 19.3 Å². The summed E-state index contributed by atoms with van der Waals surface area (Å²) in [5.74, 6) is 1.00. The van der Waals surface area contributed by atoms with E-state index in [1.165, 1.54) is 63.4 Å². The van der Waals surface area contributed by atoms with E-state index < -0.39 is 0 Å². The topological polar surface area (TPSA) is 29.9 Å². The standard InChI is InChI=1S/C18H33N3/c1-3-13-19-18(11-9-16-7-5-4-6-8-16)12-10-17-14-20-21(2)15-17/h14-16,18-19H,3-13H2,1-2H3. The number of aromatic nitrogens is 2. The molecule has 3 heteroatoms. The molecule has 0 spiro atoms. The first-order chi connectivity index (χ1) is 10.3. The molecule has 0 bridgehead atoms. The zero-order valence-corrected chi connectivity index (χ0v) is 14.0. The van der Waals surface area contributed by atoms with Gasteiger partial charge in [0.2, 0.25) is 0 Å². The van der Waals surface area contributed by atoms with Gasteiger partial charge in [-0.2, -0.15) is 5.10 Å². The average molecular weight is 291 g/mol. The molecular weight excluding hydrogens is 258 g/mol. The third-order valence-electron chi connectivity index (χ3n) is 4.87. The smallest absolute Gasteiger partial charge is 0.0521 e. The molecule has 3 nitrogen and oxygen atoms in total. The molecule has 21 heavy (non-hydrogen) atoms. The third-order valence-corrected chi connectivity index (χ3v) is 4.87. The summed E-state index contributed by atoms with van der Waals surface area (Å²) in [6, 6.07) is 0.687. The highest BCUT2D eigenvalue weighted by atomic mass is 15.2.